The van der Waals surface area contributed by atoms with Gasteiger partial charge in [0.1, 0.15) is 5.69 Å². The lowest BCUT2D eigenvalue weighted by Crippen LogP contribution is -2.10. The molecule has 0 atom stereocenters. The quantitative estimate of drug-likeness (QED) is 0.595. The minimum atomic E-state index is -0.0710. The standard InChI is InChI=1S/C16H10Br2N2O/c17-12-8-11(9-13(18)10-12)16(21)15-6-7-19-20(15)14-4-2-1-3-5-14/h1-10H. The van der Waals surface area contributed by atoms with E-state index in [4.69, 9.17) is 0 Å². The number of carbonyl (C=O) groups is 1. The van der Waals surface area contributed by atoms with Crippen LogP contribution in [0.25, 0.3) is 5.69 Å². The molecular formula is C16H10Br2N2O. The number of halogens is 2. The first-order valence-electron chi connectivity index (χ1n) is 6.25. The van der Waals surface area contributed by atoms with Crippen LogP contribution in [0.2, 0.25) is 0 Å². The summed E-state index contributed by atoms with van der Waals surface area (Å²) in [6.07, 6.45) is 1.63. The minimum absolute atomic E-state index is 0.0710. The molecule has 0 saturated heterocycles. The van der Waals surface area contributed by atoms with Crippen molar-refractivity contribution in [3.63, 3.8) is 0 Å². The molecule has 0 fully saturated rings. The van der Waals surface area contributed by atoms with Gasteiger partial charge in [0.2, 0.25) is 5.78 Å². The van der Waals surface area contributed by atoms with E-state index in [9.17, 15) is 4.79 Å². The highest BCUT2D eigenvalue weighted by atomic mass is 79.9. The van der Waals surface area contributed by atoms with Crippen molar-refractivity contribution >= 4 is 37.6 Å². The van der Waals surface area contributed by atoms with Gasteiger partial charge in [-0.05, 0) is 36.4 Å². The summed E-state index contributed by atoms with van der Waals surface area (Å²) in [5.41, 5.74) is 2.00. The average Bonchev–Trinajstić information content (AvgIpc) is 2.95. The summed E-state index contributed by atoms with van der Waals surface area (Å²) >= 11 is 6.81. The fourth-order valence-corrected chi connectivity index (χ4v) is 3.38. The summed E-state index contributed by atoms with van der Waals surface area (Å²) in [6, 6.07) is 16.8. The number of ketones is 1. The van der Waals surface area contributed by atoms with Gasteiger partial charge in [-0.1, -0.05) is 50.1 Å². The number of benzene rings is 2. The smallest absolute Gasteiger partial charge is 0.211 e. The molecule has 0 unspecified atom stereocenters. The molecule has 1 aromatic heterocycles. The number of para-hydroxylation sites is 1. The second-order valence-corrected chi connectivity index (χ2v) is 6.28. The molecule has 0 aliphatic heterocycles. The van der Waals surface area contributed by atoms with Gasteiger partial charge in [-0.25, -0.2) is 4.68 Å². The van der Waals surface area contributed by atoms with E-state index in [0.717, 1.165) is 14.6 Å². The zero-order valence-corrected chi connectivity index (χ0v) is 14.0. The highest BCUT2D eigenvalue weighted by molar-refractivity contribution is 9.11. The van der Waals surface area contributed by atoms with Crippen molar-refractivity contribution in [2.75, 3.05) is 0 Å². The van der Waals surface area contributed by atoms with Gasteiger partial charge >= 0.3 is 0 Å². The lowest BCUT2D eigenvalue weighted by Gasteiger charge is -2.07. The summed E-state index contributed by atoms with van der Waals surface area (Å²) < 4.78 is 3.36. The lowest BCUT2D eigenvalue weighted by molar-refractivity contribution is 0.103. The second kappa shape index (κ2) is 5.95. The van der Waals surface area contributed by atoms with E-state index >= 15 is 0 Å². The van der Waals surface area contributed by atoms with Gasteiger partial charge < -0.3 is 0 Å². The molecule has 0 aliphatic rings. The number of aromatic nitrogens is 2. The summed E-state index contributed by atoms with van der Waals surface area (Å²) in [6.45, 7) is 0. The van der Waals surface area contributed by atoms with E-state index < -0.39 is 0 Å². The van der Waals surface area contributed by atoms with Gasteiger partial charge in [0.05, 0.1) is 11.9 Å². The summed E-state index contributed by atoms with van der Waals surface area (Å²) in [7, 11) is 0. The van der Waals surface area contributed by atoms with Crippen LogP contribution in [0.1, 0.15) is 16.1 Å². The summed E-state index contributed by atoms with van der Waals surface area (Å²) in [4.78, 5) is 12.7. The fraction of sp³-hybridized carbons (Fsp3) is 0. The first-order valence-corrected chi connectivity index (χ1v) is 7.84. The topological polar surface area (TPSA) is 34.9 Å². The zero-order valence-electron chi connectivity index (χ0n) is 10.8. The van der Waals surface area contributed by atoms with Crippen LogP contribution in [0.3, 0.4) is 0 Å². The lowest BCUT2D eigenvalue weighted by atomic mass is 10.1. The Kier molecular flexibility index (Phi) is 4.03. The van der Waals surface area contributed by atoms with E-state index in [1.165, 1.54) is 0 Å². The molecule has 3 rings (SSSR count). The molecule has 0 amide bonds. The van der Waals surface area contributed by atoms with Crippen LogP contribution >= 0.6 is 31.9 Å². The molecule has 3 aromatic rings. The SMILES string of the molecule is O=C(c1cc(Br)cc(Br)c1)c1ccnn1-c1ccccc1. The average molecular weight is 406 g/mol. The van der Waals surface area contributed by atoms with Crippen LogP contribution in [0, 0.1) is 0 Å². The van der Waals surface area contributed by atoms with Gasteiger partial charge in [-0.15, -0.1) is 0 Å². The van der Waals surface area contributed by atoms with Crippen molar-refractivity contribution in [1.82, 2.24) is 9.78 Å². The van der Waals surface area contributed by atoms with Gasteiger partial charge in [-0.2, -0.15) is 5.10 Å². The van der Waals surface area contributed by atoms with E-state index in [-0.39, 0.29) is 5.78 Å². The molecule has 0 spiro atoms. The zero-order chi connectivity index (χ0) is 14.8. The molecule has 0 N–H and O–H groups in total. The third-order valence-electron chi connectivity index (χ3n) is 3.00. The number of hydrogen-bond donors (Lipinski definition) is 0. The third kappa shape index (κ3) is 2.99. The Labute approximate surface area is 138 Å². The predicted molar refractivity (Wildman–Crippen MR) is 88.8 cm³/mol. The summed E-state index contributed by atoms with van der Waals surface area (Å²) in [5.74, 6) is -0.0710. The molecule has 21 heavy (non-hydrogen) atoms. The van der Waals surface area contributed by atoms with Crippen LogP contribution in [0.15, 0.2) is 69.7 Å². The fourth-order valence-electron chi connectivity index (χ4n) is 2.08. The van der Waals surface area contributed by atoms with E-state index in [2.05, 4.69) is 37.0 Å². The maximum absolute atomic E-state index is 12.7. The van der Waals surface area contributed by atoms with E-state index in [1.807, 2.05) is 36.4 Å². The minimum Gasteiger partial charge on any atom is -0.287 e. The Bertz CT molecular complexity index is 777. The predicted octanol–water partition coefficient (Wildman–Crippen LogP) is 4.63. The Hall–Kier alpha value is -1.72. The van der Waals surface area contributed by atoms with Crippen molar-refractivity contribution in [3.05, 3.63) is 81.0 Å². The Morgan fingerprint density at radius 2 is 1.62 bits per heavy atom. The van der Waals surface area contributed by atoms with Crippen LogP contribution < -0.4 is 0 Å². The Morgan fingerprint density at radius 1 is 0.952 bits per heavy atom. The monoisotopic (exact) mass is 404 g/mol. The van der Waals surface area contributed by atoms with Gasteiger partial charge in [0, 0.05) is 14.5 Å². The van der Waals surface area contributed by atoms with Crippen molar-refractivity contribution < 1.29 is 4.79 Å². The number of hydrogen-bond acceptors (Lipinski definition) is 2. The molecule has 0 radical (unpaired) electrons. The number of carbonyl (C=O) groups excluding carboxylic acids is 1. The molecule has 104 valence electrons. The molecule has 1 heterocycles. The van der Waals surface area contributed by atoms with Crippen LogP contribution in [-0.2, 0) is 0 Å². The number of rotatable bonds is 3. The van der Waals surface area contributed by atoms with Crippen LogP contribution in [-0.4, -0.2) is 15.6 Å². The van der Waals surface area contributed by atoms with Crippen LogP contribution in [0.5, 0.6) is 0 Å². The van der Waals surface area contributed by atoms with Gasteiger partial charge in [0.25, 0.3) is 0 Å². The van der Waals surface area contributed by atoms with Crippen molar-refractivity contribution in [2.24, 2.45) is 0 Å². The third-order valence-corrected chi connectivity index (χ3v) is 3.92. The van der Waals surface area contributed by atoms with Crippen molar-refractivity contribution in [2.45, 2.75) is 0 Å². The van der Waals surface area contributed by atoms with Crippen molar-refractivity contribution in [1.29, 1.82) is 0 Å². The second-order valence-electron chi connectivity index (χ2n) is 4.45. The Balaban J connectivity index is 2.06. The normalized spacial score (nSPS) is 10.6. The maximum atomic E-state index is 12.7. The molecule has 3 nitrogen and oxygen atoms in total. The molecule has 0 bridgehead atoms. The summed E-state index contributed by atoms with van der Waals surface area (Å²) in [5, 5.41) is 4.25. The molecule has 0 aliphatic carbocycles. The molecule has 5 heteroatoms. The maximum Gasteiger partial charge on any atom is 0.211 e. The van der Waals surface area contributed by atoms with Crippen molar-refractivity contribution in [3.8, 4) is 5.69 Å². The molecular weight excluding hydrogens is 396 g/mol. The van der Waals surface area contributed by atoms with Gasteiger partial charge in [0.15, 0.2) is 0 Å². The Morgan fingerprint density at radius 3 is 2.29 bits per heavy atom. The highest BCUT2D eigenvalue weighted by Crippen LogP contribution is 2.22. The van der Waals surface area contributed by atoms with Gasteiger partial charge in [-0.3, -0.25) is 4.79 Å². The largest absolute Gasteiger partial charge is 0.287 e. The van der Waals surface area contributed by atoms with Crippen LogP contribution in [0.4, 0.5) is 0 Å². The first-order chi connectivity index (χ1) is 10.1. The highest BCUT2D eigenvalue weighted by Gasteiger charge is 2.16. The molecule has 2 aromatic carbocycles. The van der Waals surface area contributed by atoms with E-state index in [1.54, 1.807) is 29.1 Å². The van der Waals surface area contributed by atoms with E-state index in [0.29, 0.717) is 11.3 Å². The number of nitrogens with zero attached hydrogens (tertiary/aromatic N) is 2. The first kappa shape index (κ1) is 14.2. The molecule has 0 saturated carbocycles.